The van der Waals surface area contributed by atoms with Crippen LogP contribution < -0.4 is 0 Å². The van der Waals surface area contributed by atoms with Crippen LogP contribution in [0.3, 0.4) is 0 Å². The molecule has 0 aliphatic rings. The molecular formula is C5H9N3O2. The van der Waals surface area contributed by atoms with Crippen LogP contribution in [0.5, 0.6) is 0 Å². The van der Waals surface area contributed by atoms with E-state index in [9.17, 15) is 4.91 Å². The number of aryl methyl sites for hydroxylation is 1. The molecule has 0 N–H and O–H groups in total. The number of aromatic nitrogens is 2. The average Bonchev–Trinajstić information content (AvgIpc) is 2.40. The minimum atomic E-state index is -0.220. The summed E-state index contributed by atoms with van der Waals surface area (Å²) in [6.07, 6.45) is 0. The van der Waals surface area contributed by atoms with Gasteiger partial charge in [0.1, 0.15) is 0 Å². The lowest BCUT2D eigenvalue weighted by molar-refractivity contribution is 0.423. The molecule has 1 aromatic rings. The molecule has 1 rings (SSSR count). The van der Waals surface area contributed by atoms with Gasteiger partial charge in [0.25, 0.3) is 0 Å². The summed E-state index contributed by atoms with van der Waals surface area (Å²) in [6, 6.07) is -0.220. The van der Waals surface area contributed by atoms with Crippen LogP contribution in [0.1, 0.15) is 19.7 Å². The zero-order valence-corrected chi connectivity index (χ0v) is 6.16. The van der Waals surface area contributed by atoms with E-state index < -0.39 is 0 Å². The second-order valence-corrected chi connectivity index (χ2v) is 1.22. The highest BCUT2D eigenvalue weighted by Gasteiger charge is 1.97. The van der Waals surface area contributed by atoms with Crippen molar-refractivity contribution in [1.29, 1.82) is 0 Å². The Balaban J connectivity index is 0.000000371. The third-order valence-corrected chi connectivity index (χ3v) is 0.595. The van der Waals surface area contributed by atoms with E-state index in [0.717, 1.165) is 0 Å². The molecule has 0 bridgehead atoms. The molecule has 5 nitrogen and oxygen atoms in total. The quantitative estimate of drug-likeness (QED) is 0.562. The van der Waals surface area contributed by atoms with Crippen LogP contribution >= 0.6 is 0 Å². The Morgan fingerprint density at radius 1 is 1.50 bits per heavy atom. The number of nitroso groups, excluding NO2 is 1. The fourth-order valence-electron chi connectivity index (χ4n) is 0.323. The molecule has 0 spiro atoms. The fourth-order valence-corrected chi connectivity index (χ4v) is 0.323. The molecule has 0 radical (unpaired) electrons. The lowest BCUT2D eigenvalue weighted by Crippen LogP contribution is -1.67. The predicted octanol–water partition coefficient (Wildman–Crippen LogP) is 1.80. The summed E-state index contributed by atoms with van der Waals surface area (Å²) in [5.74, 6) is 0.416. The van der Waals surface area contributed by atoms with Crippen LogP contribution in [0.4, 0.5) is 6.01 Å². The first-order valence-electron chi connectivity index (χ1n) is 2.96. The third kappa shape index (κ3) is 2.34. The van der Waals surface area contributed by atoms with Crippen molar-refractivity contribution < 1.29 is 4.52 Å². The first-order chi connectivity index (χ1) is 4.83. The van der Waals surface area contributed by atoms with Crippen molar-refractivity contribution in [3.8, 4) is 0 Å². The molecule has 0 saturated carbocycles. The van der Waals surface area contributed by atoms with Gasteiger partial charge in [-0.1, -0.05) is 19.0 Å². The molecule has 56 valence electrons. The third-order valence-electron chi connectivity index (χ3n) is 0.595. The van der Waals surface area contributed by atoms with Gasteiger partial charge in [0.15, 0.2) is 5.82 Å². The highest BCUT2D eigenvalue weighted by atomic mass is 16.5. The Kier molecular flexibility index (Phi) is 4.02. The van der Waals surface area contributed by atoms with E-state index in [2.05, 4.69) is 19.8 Å². The van der Waals surface area contributed by atoms with Gasteiger partial charge >= 0.3 is 6.01 Å². The molecule has 0 unspecified atom stereocenters. The van der Waals surface area contributed by atoms with Gasteiger partial charge in [-0.05, 0) is 6.92 Å². The van der Waals surface area contributed by atoms with Crippen molar-refractivity contribution in [2.45, 2.75) is 20.8 Å². The van der Waals surface area contributed by atoms with Crippen LogP contribution in [0.25, 0.3) is 0 Å². The standard InChI is InChI=1S/C3H3N3O2.C2H6/c1-2-4-3(5-7)8-6-2;1-2/h1H3;1-2H3. The maximum atomic E-state index is 9.57. The van der Waals surface area contributed by atoms with Crippen molar-refractivity contribution in [1.82, 2.24) is 10.1 Å². The molecule has 1 aromatic heterocycles. The van der Waals surface area contributed by atoms with Crippen molar-refractivity contribution in [2.75, 3.05) is 0 Å². The minimum absolute atomic E-state index is 0.220. The molecule has 1 heterocycles. The van der Waals surface area contributed by atoms with E-state index in [0.29, 0.717) is 5.82 Å². The molecule has 0 saturated heterocycles. The topological polar surface area (TPSA) is 68.3 Å². The van der Waals surface area contributed by atoms with E-state index in [1.54, 1.807) is 6.92 Å². The molecule has 5 heteroatoms. The summed E-state index contributed by atoms with van der Waals surface area (Å²) >= 11 is 0. The van der Waals surface area contributed by atoms with Gasteiger partial charge in [0.2, 0.25) is 0 Å². The molecule has 0 aromatic carbocycles. The first kappa shape index (κ1) is 8.74. The van der Waals surface area contributed by atoms with Gasteiger partial charge in [0.05, 0.1) is 0 Å². The maximum Gasteiger partial charge on any atom is 0.385 e. The van der Waals surface area contributed by atoms with Crippen molar-refractivity contribution in [3.63, 3.8) is 0 Å². The van der Waals surface area contributed by atoms with Gasteiger partial charge in [0, 0.05) is 5.18 Å². The lowest BCUT2D eigenvalue weighted by atomic mass is 10.8. The van der Waals surface area contributed by atoms with Gasteiger partial charge in [-0.3, -0.25) is 0 Å². The van der Waals surface area contributed by atoms with Crippen LogP contribution in [0.2, 0.25) is 0 Å². The zero-order chi connectivity index (χ0) is 7.98. The molecule has 0 aliphatic carbocycles. The Morgan fingerprint density at radius 3 is 2.30 bits per heavy atom. The second-order valence-electron chi connectivity index (χ2n) is 1.22. The molecular weight excluding hydrogens is 134 g/mol. The monoisotopic (exact) mass is 143 g/mol. The number of hydrogen-bond donors (Lipinski definition) is 0. The Hall–Kier alpha value is -1.26. The van der Waals surface area contributed by atoms with Crippen molar-refractivity contribution in [3.05, 3.63) is 10.7 Å². The molecule has 0 aliphatic heterocycles. The largest absolute Gasteiger partial charge is 0.385 e. The number of nitrogens with zero attached hydrogens (tertiary/aromatic N) is 3. The summed E-state index contributed by atoms with van der Waals surface area (Å²) < 4.78 is 4.27. The van der Waals surface area contributed by atoms with Gasteiger partial charge in [-0.2, -0.15) is 4.98 Å². The highest BCUT2D eigenvalue weighted by Crippen LogP contribution is 2.03. The number of rotatable bonds is 1. The smallest absolute Gasteiger partial charge is 0.310 e. The predicted molar refractivity (Wildman–Crippen MR) is 35.8 cm³/mol. The number of hydrogen-bond acceptors (Lipinski definition) is 5. The lowest BCUT2D eigenvalue weighted by Gasteiger charge is -1.63. The van der Waals surface area contributed by atoms with E-state index in [-0.39, 0.29) is 6.01 Å². The van der Waals surface area contributed by atoms with Crippen LogP contribution in [0.15, 0.2) is 9.70 Å². The molecule has 10 heavy (non-hydrogen) atoms. The molecule has 0 amide bonds. The zero-order valence-electron chi connectivity index (χ0n) is 6.16. The molecule has 0 atom stereocenters. The van der Waals surface area contributed by atoms with Gasteiger partial charge in [-0.25, -0.2) is 0 Å². The first-order valence-corrected chi connectivity index (χ1v) is 2.96. The summed E-state index contributed by atoms with van der Waals surface area (Å²) in [5, 5.41) is 5.71. The van der Waals surface area contributed by atoms with Crippen molar-refractivity contribution in [2.24, 2.45) is 5.18 Å². The summed E-state index contributed by atoms with van der Waals surface area (Å²) in [5.41, 5.74) is 0. The summed E-state index contributed by atoms with van der Waals surface area (Å²) in [6.45, 7) is 5.61. The molecule has 0 fully saturated rings. The SMILES string of the molecule is CC.Cc1noc(N=O)n1. The summed E-state index contributed by atoms with van der Waals surface area (Å²) in [7, 11) is 0. The van der Waals surface area contributed by atoms with Crippen LogP contribution in [-0.2, 0) is 0 Å². The highest BCUT2D eigenvalue weighted by molar-refractivity contribution is 5.04. The van der Waals surface area contributed by atoms with Gasteiger partial charge < -0.3 is 4.52 Å². The fraction of sp³-hybridized carbons (Fsp3) is 0.600. The van der Waals surface area contributed by atoms with E-state index in [1.165, 1.54) is 0 Å². The normalized spacial score (nSPS) is 7.90. The van der Waals surface area contributed by atoms with Gasteiger partial charge in [-0.15, -0.1) is 4.91 Å². The minimum Gasteiger partial charge on any atom is -0.310 e. The van der Waals surface area contributed by atoms with Crippen molar-refractivity contribution >= 4 is 6.01 Å². The average molecular weight is 143 g/mol. The van der Waals surface area contributed by atoms with Crippen LogP contribution in [-0.4, -0.2) is 10.1 Å². The Morgan fingerprint density at radius 2 is 2.10 bits per heavy atom. The Bertz CT molecular complexity index is 197. The Labute approximate surface area is 58.4 Å². The van der Waals surface area contributed by atoms with E-state index >= 15 is 0 Å². The van der Waals surface area contributed by atoms with Crippen LogP contribution in [0, 0.1) is 11.8 Å². The van der Waals surface area contributed by atoms with E-state index in [4.69, 9.17) is 0 Å². The summed E-state index contributed by atoms with van der Waals surface area (Å²) in [4.78, 5) is 13.0. The second kappa shape index (κ2) is 4.60. The maximum absolute atomic E-state index is 9.57. The van der Waals surface area contributed by atoms with E-state index in [1.807, 2.05) is 13.8 Å².